The number of anilines is 1. The molecule has 1 saturated carbocycles. The van der Waals surface area contributed by atoms with Crippen molar-refractivity contribution < 1.29 is 5.11 Å². The van der Waals surface area contributed by atoms with Crippen LogP contribution in [0.3, 0.4) is 0 Å². The van der Waals surface area contributed by atoms with Gasteiger partial charge in [-0.25, -0.2) is 0 Å². The summed E-state index contributed by atoms with van der Waals surface area (Å²) in [6.45, 7) is 2.19. The highest BCUT2D eigenvalue weighted by Gasteiger charge is 2.42. The zero-order valence-electron chi connectivity index (χ0n) is 9.90. The first-order valence-corrected chi connectivity index (χ1v) is 5.98. The highest BCUT2D eigenvalue weighted by Crippen LogP contribution is 2.39. The fraction of sp³-hybridized carbons (Fsp3) is 0.357. The lowest BCUT2D eigenvalue weighted by Gasteiger charge is -2.18. The summed E-state index contributed by atoms with van der Waals surface area (Å²) in [5.74, 6) is 0. The number of hydrogen-bond donors (Lipinski definition) is 2. The smallest absolute Gasteiger partial charge is 0.0725 e. The summed E-state index contributed by atoms with van der Waals surface area (Å²) in [6.07, 6.45) is 2.08. The first-order chi connectivity index (χ1) is 8.22. The Balaban J connectivity index is 2.08. The Morgan fingerprint density at radius 2 is 2.12 bits per heavy atom. The van der Waals surface area contributed by atoms with Crippen LogP contribution in [0.1, 0.15) is 18.5 Å². The summed E-state index contributed by atoms with van der Waals surface area (Å²) in [5.41, 5.74) is 3.00. The number of nitrogens with zero attached hydrogens (tertiary/aromatic N) is 1. The molecular weight excluding hydrogens is 212 g/mol. The first kappa shape index (κ1) is 10.5. The number of aromatic nitrogens is 1. The maximum Gasteiger partial charge on any atom is 0.0725 e. The molecule has 1 heterocycles. The third-order valence-corrected chi connectivity index (χ3v) is 3.40. The minimum absolute atomic E-state index is 0.0867. The van der Waals surface area contributed by atoms with Crippen LogP contribution in [0.25, 0.3) is 10.9 Å². The molecule has 2 aromatic rings. The van der Waals surface area contributed by atoms with Gasteiger partial charge in [-0.2, -0.15) is 0 Å². The van der Waals surface area contributed by atoms with Gasteiger partial charge in [0, 0.05) is 16.8 Å². The minimum atomic E-state index is -0.0867. The molecule has 1 aliphatic carbocycles. The average Bonchev–Trinajstić information content (AvgIpc) is 3.09. The molecule has 3 nitrogen and oxygen atoms in total. The Hall–Kier alpha value is -1.61. The van der Waals surface area contributed by atoms with Gasteiger partial charge in [-0.15, -0.1) is 0 Å². The van der Waals surface area contributed by atoms with Crippen LogP contribution in [-0.2, 0) is 0 Å². The predicted octanol–water partition coefficient (Wildman–Crippen LogP) is 2.48. The van der Waals surface area contributed by atoms with Crippen molar-refractivity contribution in [3.63, 3.8) is 0 Å². The van der Waals surface area contributed by atoms with Crippen molar-refractivity contribution >= 4 is 16.6 Å². The van der Waals surface area contributed by atoms with E-state index in [9.17, 15) is 5.11 Å². The second-order valence-electron chi connectivity index (χ2n) is 4.89. The van der Waals surface area contributed by atoms with Crippen LogP contribution >= 0.6 is 0 Å². The van der Waals surface area contributed by atoms with E-state index >= 15 is 0 Å². The van der Waals surface area contributed by atoms with Crippen molar-refractivity contribution in [3.05, 3.63) is 36.0 Å². The molecule has 1 aromatic carbocycles. The number of aliphatic hydroxyl groups is 1. The van der Waals surface area contributed by atoms with E-state index in [1.165, 1.54) is 0 Å². The normalized spacial score (nSPS) is 17.1. The maximum absolute atomic E-state index is 9.38. The van der Waals surface area contributed by atoms with Gasteiger partial charge >= 0.3 is 0 Å². The number of pyridine rings is 1. The zero-order chi connectivity index (χ0) is 11.9. The topological polar surface area (TPSA) is 45.1 Å². The second-order valence-corrected chi connectivity index (χ2v) is 4.89. The summed E-state index contributed by atoms with van der Waals surface area (Å²) < 4.78 is 0. The number of fused-ring (bicyclic) bond motifs is 1. The minimum Gasteiger partial charge on any atom is -0.394 e. The lowest BCUT2D eigenvalue weighted by molar-refractivity contribution is 0.266. The zero-order valence-corrected chi connectivity index (χ0v) is 9.90. The van der Waals surface area contributed by atoms with Crippen LogP contribution in [0.15, 0.2) is 30.3 Å². The predicted molar refractivity (Wildman–Crippen MR) is 69.2 cm³/mol. The molecule has 3 rings (SSSR count). The lowest BCUT2D eigenvalue weighted by atomic mass is 10.1. The molecule has 0 amide bonds. The van der Waals surface area contributed by atoms with E-state index in [0.717, 1.165) is 35.1 Å². The molecule has 3 heteroatoms. The highest BCUT2D eigenvalue weighted by molar-refractivity contribution is 5.91. The van der Waals surface area contributed by atoms with Gasteiger partial charge in [-0.1, -0.05) is 18.2 Å². The number of aryl methyl sites for hydroxylation is 1. The van der Waals surface area contributed by atoms with Gasteiger partial charge in [0.15, 0.2) is 0 Å². The van der Waals surface area contributed by atoms with Crippen molar-refractivity contribution in [1.29, 1.82) is 0 Å². The van der Waals surface area contributed by atoms with Crippen LogP contribution in [0.2, 0.25) is 0 Å². The number of rotatable bonds is 3. The summed E-state index contributed by atoms with van der Waals surface area (Å²) >= 11 is 0. The number of para-hydroxylation sites is 1. The molecule has 0 spiro atoms. The van der Waals surface area contributed by atoms with Gasteiger partial charge in [0.1, 0.15) is 0 Å². The molecule has 0 radical (unpaired) electrons. The Morgan fingerprint density at radius 1 is 1.35 bits per heavy atom. The third kappa shape index (κ3) is 1.87. The van der Waals surface area contributed by atoms with E-state index in [4.69, 9.17) is 0 Å². The van der Waals surface area contributed by atoms with Crippen molar-refractivity contribution in [2.24, 2.45) is 0 Å². The molecule has 0 atom stereocenters. The molecular formula is C14H16N2O. The largest absolute Gasteiger partial charge is 0.394 e. The van der Waals surface area contributed by atoms with Gasteiger partial charge in [0.25, 0.3) is 0 Å². The standard InChI is InChI=1S/C14H16N2O/c1-10-8-13(16-14(9-17)6-7-14)11-4-2-3-5-12(11)15-10/h2-5,8,17H,6-7,9H2,1H3,(H,15,16). The van der Waals surface area contributed by atoms with E-state index in [1.807, 2.05) is 25.1 Å². The quantitative estimate of drug-likeness (QED) is 0.848. The first-order valence-electron chi connectivity index (χ1n) is 5.98. The fourth-order valence-electron chi connectivity index (χ4n) is 2.17. The molecule has 1 aromatic heterocycles. The molecule has 0 bridgehead atoms. The van der Waals surface area contributed by atoms with Crippen molar-refractivity contribution in [3.8, 4) is 0 Å². The van der Waals surface area contributed by atoms with Crippen LogP contribution in [0, 0.1) is 6.92 Å². The number of benzene rings is 1. The van der Waals surface area contributed by atoms with E-state index in [2.05, 4.69) is 22.4 Å². The molecule has 0 unspecified atom stereocenters. The van der Waals surface area contributed by atoms with E-state index in [1.54, 1.807) is 0 Å². The Kier molecular flexibility index (Phi) is 2.30. The molecule has 17 heavy (non-hydrogen) atoms. The summed E-state index contributed by atoms with van der Waals surface area (Å²) in [7, 11) is 0. The maximum atomic E-state index is 9.38. The van der Waals surface area contributed by atoms with E-state index in [-0.39, 0.29) is 12.1 Å². The Labute approximate surface area is 100 Å². The van der Waals surface area contributed by atoms with Crippen LogP contribution in [0.5, 0.6) is 0 Å². The summed E-state index contributed by atoms with van der Waals surface area (Å²) in [6, 6.07) is 10.2. The molecule has 1 fully saturated rings. The van der Waals surface area contributed by atoms with Crippen molar-refractivity contribution in [1.82, 2.24) is 4.98 Å². The summed E-state index contributed by atoms with van der Waals surface area (Å²) in [5, 5.41) is 14.0. The van der Waals surface area contributed by atoms with Crippen LogP contribution in [-0.4, -0.2) is 22.2 Å². The molecule has 0 saturated heterocycles. The fourth-order valence-corrected chi connectivity index (χ4v) is 2.17. The van der Waals surface area contributed by atoms with Crippen LogP contribution in [0.4, 0.5) is 5.69 Å². The van der Waals surface area contributed by atoms with E-state index < -0.39 is 0 Å². The average molecular weight is 228 g/mol. The highest BCUT2D eigenvalue weighted by atomic mass is 16.3. The molecule has 1 aliphatic rings. The molecule has 2 N–H and O–H groups in total. The van der Waals surface area contributed by atoms with Gasteiger partial charge in [-0.05, 0) is 31.9 Å². The van der Waals surface area contributed by atoms with Crippen molar-refractivity contribution in [2.75, 3.05) is 11.9 Å². The van der Waals surface area contributed by atoms with Gasteiger partial charge in [-0.3, -0.25) is 4.98 Å². The van der Waals surface area contributed by atoms with Gasteiger partial charge in [0.2, 0.25) is 0 Å². The summed E-state index contributed by atoms with van der Waals surface area (Å²) in [4.78, 5) is 4.51. The molecule has 0 aliphatic heterocycles. The Morgan fingerprint density at radius 3 is 2.82 bits per heavy atom. The second kappa shape index (κ2) is 3.70. The molecule has 88 valence electrons. The van der Waals surface area contributed by atoms with Gasteiger partial charge < -0.3 is 10.4 Å². The monoisotopic (exact) mass is 228 g/mol. The van der Waals surface area contributed by atoms with Crippen molar-refractivity contribution in [2.45, 2.75) is 25.3 Å². The van der Waals surface area contributed by atoms with Crippen LogP contribution < -0.4 is 5.32 Å². The third-order valence-electron chi connectivity index (χ3n) is 3.40. The number of aliphatic hydroxyl groups excluding tert-OH is 1. The lowest BCUT2D eigenvalue weighted by Crippen LogP contribution is -2.25. The Bertz CT molecular complexity index is 561. The van der Waals surface area contributed by atoms with E-state index in [0.29, 0.717) is 0 Å². The number of hydrogen-bond acceptors (Lipinski definition) is 3. The number of nitrogens with one attached hydrogen (secondary N) is 1. The SMILES string of the molecule is Cc1cc(NC2(CO)CC2)c2ccccc2n1. The van der Waals surface area contributed by atoms with Gasteiger partial charge in [0.05, 0.1) is 17.7 Å².